The molecule has 2 aromatic carbocycles. The molecule has 0 atom stereocenters. The lowest BCUT2D eigenvalue weighted by Gasteiger charge is -2.31. The molecule has 0 aromatic heterocycles. The first-order chi connectivity index (χ1) is 12.0. The fourth-order valence-corrected chi connectivity index (χ4v) is 4.86. The highest BCUT2D eigenvalue weighted by molar-refractivity contribution is 7.89. The van der Waals surface area contributed by atoms with Crippen molar-refractivity contribution in [2.75, 3.05) is 18.8 Å². The molecule has 0 saturated carbocycles. The van der Waals surface area contributed by atoms with Crippen LogP contribution in [0.2, 0.25) is 0 Å². The number of phenolic OH excluding ortho intramolecular Hbond substituents is 2. The van der Waals surface area contributed by atoms with E-state index >= 15 is 0 Å². The van der Waals surface area contributed by atoms with Gasteiger partial charge in [0.15, 0.2) is 0 Å². The van der Waals surface area contributed by atoms with Crippen LogP contribution in [0.15, 0.2) is 48.5 Å². The number of piperidine rings is 1. The lowest BCUT2D eigenvalue weighted by Crippen LogP contribution is -2.39. The topological polar surface area (TPSA) is 77.8 Å². The smallest absolute Gasteiger partial charge is 0.214 e. The van der Waals surface area contributed by atoms with E-state index in [0.717, 1.165) is 11.1 Å². The first-order valence-corrected chi connectivity index (χ1v) is 10.1. The molecule has 1 fully saturated rings. The van der Waals surface area contributed by atoms with Crippen molar-refractivity contribution in [1.29, 1.82) is 0 Å². The second-order valence-corrected chi connectivity index (χ2v) is 8.56. The van der Waals surface area contributed by atoms with E-state index in [2.05, 4.69) is 0 Å². The summed E-state index contributed by atoms with van der Waals surface area (Å²) < 4.78 is 26.7. The summed E-state index contributed by atoms with van der Waals surface area (Å²) in [4.78, 5) is 0. The number of rotatable bonds is 5. The number of phenols is 2. The molecule has 25 heavy (non-hydrogen) atoms. The predicted octanol–water partition coefficient (Wildman–Crippen LogP) is 2.85. The van der Waals surface area contributed by atoms with Gasteiger partial charge in [-0.25, -0.2) is 12.7 Å². The lowest BCUT2D eigenvalue weighted by molar-refractivity contribution is 0.315. The Bertz CT molecular complexity index is 813. The van der Waals surface area contributed by atoms with Gasteiger partial charge in [-0.15, -0.1) is 0 Å². The maximum absolute atomic E-state index is 12.6. The summed E-state index contributed by atoms with van der Waals surface area (Å²) in [5.41, 5.74) is 1.80. The third kappa shape index (κ3) is 4.32. The lowest BCUT2D eigenvalue weighted by atomic mass is 9.89. The van der Waals surface area contributed by atoms with Crippen molar-refractivity contribution < 1.29 is 18.6 Å². The van der Waals surface area contributed by atoms with Gasteiger partial charge in [0.05, 0.1) is 5.75 Å². The van der Waals surface area contributed by atoms with Gasteiger partial charge in [0, 0.05) is 19.2 Å². The number of nitrogens with zero attached hydrogens (tertiary/aromatic N) is 1. The number of aromatic hydroxyl groups is 2. The summed E-state index contributed by atoms with van der Waals surface area (Å²) in [7, 11) is -3.27. The van der Waals surface area contributed by atoms with E-state index in [1.807, 2.05) is 30.3 Å². The van der Waals surface area contributed by atoms with Crippen molar-refractivity contribution in [3.05, 3.63) is 59.7 Å². The zero-order valence-corrected chi connectivity index (χ0v) is 14.8. The van der Waals surface area contributed by atoms with Crippen LogP contribution in [0.25, 0.3) is 0 Å². The van der Waals surface area contributed by atoms with E-state index in [0.29, 0.717) is 32.4 Å². The van der Waals surface area contributed by atoms with Crippen molar-refractivity contribution in [2.24, 2.45) is 0 Å². The zero-order valence-electron chi connectivity index (χ0n) is 14.0. The Hall–Kier alpha value is -2.05. The average molecular weight is 361 g/mol. The second kappa shape index (κ2) is 7.45. The minimum Gasteiger partial charge on any atom is -0.508 e. The van der Waals surface area contributed by atoms with Crippen LogP contribution in [-0.2, 0) is 16.4 Å². The summed E-state index contributed by atoms with van der Waals surface area (Å²) in [6.07, 6.45) is 1.85. The van der Waals surface area contributed by atoms with Gasteiger partial charge in [0.1, 0.15) is 11.5 Å². The highest BCUT2D eigenvalue weighted by Gasteiger charge is 2.29. The van der Waals surface area contributed by atoms with E-state index in [1.165, 1.54) is 6.07 Å². The molecule has 5 nitrogen and oxygen atoms in total. The van der Waals surface area contributed by atoms with Gasteiger partial charge in [0.25, 0.3) is 0 Å². The third-order valence-electron chi connectivity index (χ3n) is 4.79. The van der Waals surface area contributed by atoms with Crippen LogP contribution in [0.1, 0.15) is 29.9 Å². The van der Waals surface area contributed by atoms with E-state index in [4.69, 9.17) is 0 Å². The molecule has 1 heterocycles. The third-order valence-corrected chi connectivity index (χ3v) is 6.66. The Morgan fingerprint density at radius 2 is 1.68 bits per heavy atom. The van der Waals surface area contributed by atoms with Crippen molar-refractivity contribution in [1.82, 2.24) is 4.31 Å². The fraction of sp³-hybridized carbons (Fsp3) is 0.368. The molecule has 3 rings (SSSR count). The minimum absolute atomic E-state index is 0.0298. The molecule has 0 bridgehead atoms. The first-order valence-electron chi connectivity index (χ1n) is 8.49. The van der Waals surface area contributed by atoms with E-state index in [1.54, 1.807) is 16.4 Å². The summed E-state index contributed by atoms with van der Waals surface area (Å²) in [6.45, 7) is 0.921. The number of benzene rings is 2. The van der Waals surface area contributed by atoms with Crippen LogP contribution in [0.3, 0.4) is 0 Å². The van der Waals surface area contributed by atoms with Crippen LogP contribution in [0.5, 0.6) is 11.5 Å². The largest absolute Gasteiger partial charge is 0.508 e. The highest BCUT2D eigenvalue weighted by atomic mass is 32.2. The number of sulfonamides is 1. The van der Waals surface area contributed by atoms with Crippen molar-refractivity contribution >= 4 is 10.0 Å². The molecular formula is C19H23NO4S. The van der Waals surface area contributed by atoms with Crippen LogP contribution in [-0.4, -0.2) is 41.8 Å². The van der Waals surface area contributed by atoms with Gasteiger partial charge in [-0.2, -0.15) is 0 Å². The first kappa shape index (κ1) is 17.8. The Balaban J connectivity index is 1.59. The molecule has 0 amide bonds. The number of hydrogen-bond donors (Lipinski definition) is 2. The van der Waals surface area contributed by atoms with Gasteiger partial charge in [-0.3, -0.25) is 0 Å². The summed E-state index contributed by atoms with van der Waals surface area (Å²) in [5.74, 6) is 0.334. The van der Waals surface area contributed by atoms with Crippen molar-refractivity contribution in [2.45, 2.75) is 25.2 Å². The Morgan fingerprint density at radius 1 is 1.00 bits per heavy atom. The van der Waals surface area contributed by atoms with Crippen LogP contribution in [0.4, 0.5) is 0 Å². The van der Waals surface area contributed by atoms with E-state index in [-0.39, 0.29) is 23.2 Å². The van der Waals surface area contributed by atoms with Crippen LogP contribution >= 0.6 is 0 Å². The number of aryl methyl sites for hydroxylation is 1. The highest BCUT2D eigenvalue weighted by Crippen LogP contribution is 2.36. The number of hydrogen-bond acceptors (Lipinski definition) is 4. The average Bonchev–Trinajstić information content (AvgIpc) is 2.61. The van der Waals surface area contributed by atoms with Crippen molar-refractivity contribution in [3.63, 3.8) is 0 Å². The van der Waals surface area contributed by atoms with Gasteiger partial charge < -0.3 is 10.2 Å². The normalized spacial score (nSPS) is 16.8. The van der Waals surface area contributed by atoms with Gasteiger partial charge in [-0.1, -0.05) is 36.4 Å². The molecule has 1 aliphatic rings. The molecule has 2 aromatic rings. The quantitative estimate of drug-likeness (QED) is 0.858. The fourth-order valence-electron chi connectivity index (χ4n) is 3.34. The summed E-state index contributed by atoms with van der Waals surface area (Å²) >= 11 is 0. The monoisotopic (exact) mass is 361 g/mol. The molecule has 0 unspecified atom stereocenters. The summed E-state index contributed by atoms with van der Waals surface area (Å²) in [5, 5.41) is 19.4. The molecule has 0 spiro atoms. The molecule has 2 N–H and O–H groups in total. The molecule has 0 aliphatic carbocycles. The Kier molecular flexibility index (Phi) is 5.30. The molecule has 1 saturated heterocycles. The zero-order chi connectivity index (χ0) is 17.9. The SMILES string of the molecule is O=S(=O)(CCc1ccccc1)N1CCC(c2ccc(O)cc2O)CC1. The van der Waals surface area contributed by atoms with E-state index < -0.39 is 10.0 Å². The van der Waals surface area contributed by atoms with Gasteiger partial charge in [0.2, 0.25) is 10.0 Å². The van der Waals surface area contributed by atoms with Crippen LogP contribution < -0.4 is 0 Å². The molecule has 0 radical (unpaired) electrons. The molecular weight excluding hydrogens is 338 g/mol. The van der Waals surface area contributed by atoms with Gasteiger partial charge in [-0.05, 0) is 42.4 Å². The van der Waals surface area contributed by atoms with E-state index in [9.17, 15) is 18.6 Å². The predicted molar refractivity (Wildman–Crippen MR) is 97.3 cm³/mol. The molecule has 134 valence electrons. The maximum atomic E-state index is 12.6. The second-order valence-electron chi connectivity index (χ2n) is 6.47. The maximum Gasteiger partial charge on any atom is 0.214 e. The van der Waals surface area contributed by atoms with Gasteiger partial charge >= 0.3 is 0 Å². The minimum atomic E-state index is -3.27. The Morgan fingerprint density at radius 3 is 2.32 bits per heavy atom. The molecule has 1 aliphatic heterocycles. The standard InChI is InChI=1S/C19H23NO4S/c21-17-6-7-18(19(22)14-17)16-8-11-20(12-9-16)25(23,24)13-10-15-4-2-1-3-5-15/h1-7,14,16,21-22H,8-13H2. The summed E-state index contributed by atoms with van der Waals surface area (Å²) in [6, 6.07) is 14.2. The van der Waals surface area contributed by atoms with Crippen molar-refractivity contribution in [3.8, 4) is 11.5 Å². The van der Waals surface area contributed by atoms with Crippen LogP contribution in [0, 0.1) is 0 Å². The Labute approximate surface area is 148 Å². The molecule has 6 heteroatoms.